The molecular formula is C33H39N3O2. The number of benzene rings is 3. The van der Waals surface area contributed by atoms with Gasteiger partial charge in [0.15, 0.2) is 17.5 Å². The Balaban J connectivity index is 2.15. The van der Waals surface area contributed by atoms with Crippen LogP contribution in [0.3, 0.4) is 0 Å². The van der Waals surface area contributed by atoms with Gasteiger partial charge < -0.3 is 9.47 Å². The molecule has 1 aromatic heterocycles. The van der Waals surface area contributed by atoms with Gasteiger partial charge >= 0.3 is 0 Å². The van der Waals surface area contributed by atoms with Crippen LogP contribution in [0, 0.1) is 69.2 Å². The SMILES string of the molecule is COc1ccc(-c2nc(-c3c(C)c(C)c(C)c(C)c3C)nc(-c3c(C)c(C)c(C)c(C)c3C)n2)c(OC)c1. The molecular weight excluding hydrogens is 470 g/mol. The van der Waals surface area contributed by atoms with Crippen molar-refractivity contribution in [3.8, 4) is 45.7 Å². The molecule has 0 aliphatic carbocycles. The molecule has 0 unspecified atom stereocenters. The Bertz CT molecular complexity index is 1440. The highest BCUT2D eigenvalue weighted by molar-refractivity contribution is 5.77. The second-order valence-electron chi connectivity index (χ2n) is 10.4. The molecule has 198 valence electrons. The van der Waals surface area contributed by atoms with E-state index in [9.17, 15) is 0 Å². The average Bonchev–Trinajstić information content (AvgIpc) is 2.92. The maximum atomic E-state index is 5.76. The minimum absolute atomic E-state index is 0.578. The molecule has 4 aromatic rings. The van der Waals surface area contributed by atoms with E-state index in [0.29, 0.717) is 29.0 Å². The van der Waals surface area contributed by atoms with Crippen molar-refractivity contribution in [2.24, 2.45) is 0 Å². The van der Waals surface area contributed by atoms with Crippen LogP contribution in [0.15, 0.2) is 18.2 Å². The molecule has 1 heterocycles. The fraction of sp³-hybridized carbons (Fsp3) is 0.364. The molecule has 0 fully saturated rings. The number of rotatable bonds is 5. The molecule has 0 atom stereocenters. The number of aromatic nitrogens is 3. The average molecular weight is 510 g/mol. The molecule has 38 heavy (non-hydrogen) atoms. The Labute approximate surface area is 227 Å². The maximum absolute atomic E-state index is 5.76. The molecule has 0 saturated heterocycles. The van der Waals surface area contributed by atoms with Crippen LogP contribution >= 0.6 is 0 Å². The van der Waals surface area contributed by atoms with Gasteiger partial charge in [0.25, 0.3) is 0 Å². The molecule has 3 aromatic carbocycles. The van der Waals surface area contributed by atoms with E-state index in [1.807, 2.05) is 18.2 Å². The van der Waals surface area contributed by atoms with E-state index in [2.05, 4.69) is 69.2 Å². The molecule has 0 radical (unpaired) electrons. The molecule has 0 bridgehead atoms. The van der Waals surface area contributed by atoms with E-state index in [4.69, 9.17) is 24.4 Å². The maximum Gasteiger partial charge on any atom is 0.167 e. The summed E-state index contributed by atoms with van der Waals surface area (Å²) in [5, 5.41) is 0. The van der Waals surface area contributed by atoms with Gasteiger partial charge in [-0.1, -0.05) is 0 Å². The molecule has 0 spiro atoms. The monoisotopic (exact) mass is 509 g/mol. The van der Waals surface area contributed by atoms with Gasteiger partial charge in [0.1, 0.15) is 11.5 Å². The lowest BCUT2D eigenvalue weighted by molar-refractivity contribution is 0.395. The highest BCUT2D eigenvalue weighted by atomic mass is 16.5. The van der Waals surface area contributed by atoms with Crippen molar-refractivity contribution in [1.29, 1.82) is 0 Å². The smallest absolute Gasteiger partial charge is 0.167 e. The van der Waals surface area contributed by atoms with Crippen LogP contribution in [-0.2, 0) is 0 Å². The molecule has 0 aliphatic heterocycles. The van der Waals surface area contributed by atoms with Crippen molar-refractivity contribution in [3.05, 3.63) is 73.8 Å². The summed E-state index contributed by atoms with van der Waals surface area (Å²) in [5.41, 5.74) is 15.4. The van der Waals surface area contributed by atoms with Gasteiger partial charge in [0.2, 0.25) is 0 Å². The van der Waals surface area contributed by atoms with Crippen molar-refractivity contribution >= 4 is 0 Å². The van der Waals surface area contributed by atoms with Gasteiger partial charge in [-0.3, -0.25) is 0 Å². The van der Waals surface area contributed by atoms with Crippen LogP contribution in [0.5, 0.6) is 11.5 Å². The topological polar surface area (TPSA) is 57.1 Å². The van der Waals surface area contributed by atoms with Crippen LogP contribution in [0.25, 0.3) is 34.2 Å². The summed E-state index contributed by atoms with van der Waals surface area (Å²) in [7, 11) is 3.30. The first-order valence-corrected chi connectivity index (χ1v) is 13.1. The zero-order chi connectivity index (χ0) is 28.0. The zero-order valence-corrected chi connectivity index (χ0v) is 24.9. The van der Waals surface area contributed by atoms with Crippen LogP contribution in [0.2, 0.25) is 0 Å². The van der Waals surface area contributed by atoms with E-state index in [1.165, 1.54) is 55.6 Å². The van der Waals surface area contributed by atoms with E-state index < -0.39 is 0 Å². The lowest BCUT2D eigenvalue weighted by Gasteiger charge is -2.21. The summed E-state index contributed by atoms with van der Waals surface area (Å²) in [6.45, 7) is 21.7. The van der Waals surface area contributed by atoms with Gasteiger partial charge in [-0.15, -0.1) is 0 Å². The Morgan fingerprint density at radius 3 is 1.18 bits per heavy atom. The van der Waals surface area contributed by atoms with Crippen molar-refractivity contribution in [1.82, 2.24) is 15.0 Å². The summed E-state index contributed by atoms with van der Waals surface area (Å²) < 4.78 is 11.2. The number of methoxy groups -OCH3 is 2. The summed E-state index contributed by atoms with van der Waals surface area (Å²) in [4.78, 5) is 15.3. The van der Waals surface area contributed by atoms with E-state index in [1.54, 1.807) is 14.2 Å². The standard InChI is InChI=1S/C33H39N3O2/c1-16-18(3)22(7)29(23(8)19(16)4)32-34-31(27-14-13-26(37-11)15-28(27)38-12)35-33(36-32)30-24(9)20(5)17(2)21(6)25(30)10/h13-15H,1-12H3. The number of hydrogen-bond donors (Lipinski definition) is 0. The Kier molecular flexibility index (Phi) is 7.33. The highest BCUT2D eigenvalue weighted by Crippen LogP contribution is 2.38. The van der Waals surface area contributed by atoms with Crippen molar-refractivity contribution in [2.75, 3.05) is 14.2 Å². The fourth-order valence-corrected chi connectivity index (χ4v) is 5.37. The molecule has 5 heteroatoms. The third-order valence-electron chi connectivity index (χ3n) is 8.73. The number of ether oxygens (including phenoxy) is 2. The number of hydrogen-bond acceptors (Lipinski definition) is 5. The van der Waals surface area contributed by atoms with Crippen molar-refractivity contribution in [2.45, 2.75) is 69.2 Å². The van der Waals surface area contributed by atoms with Crippen LogP contribution in [0.4, 0.5) is 0 Å². The van der Waals surface area contributed by atoms with E-state index in [0.717, 1.165) is 16.7 Å². The first-order chi connectivity index (χ1) is 17.9. The number of nitrogens with zero attached hydrogens (tertiary/aromatic N) is 3. The molecule has 0 saturated carbocycles. The zero-order valence-electron chi connectivity index (χ0n) is 24.9. The molecule has 0 amide bonds. The Morgan fingerprint density at radius 2 is 0.816 bits per heavy atom. The van der Waals surface area contributed by atoms with Gasteiger partial charge in [-0.25, -0.2) is 15.0 Å². The normalized spacial score (nSPS) is 11.2. The summed E-state index contributed by atoms with van der Waals surface area (Å²) >= 11 is 0. The largest absolute Gasteiger partial charge is 0.497 e. The van der Waals surface area contributed by atoms with Gasteiger partial charge in [-0.2, -0.15) is 0 Å². The lowest BCUT2D eigenvalue weighted by atomic mass is 9.88. The van der Waals surface area contributed by atoms with Crippen LogP contribution < -0.4 is 9.47 Å². The summed E-state index contributed by atoms with van der Waals surface area (Å²) in [6, 6.07) is 5.73. The van der Waals surface area contributed by atoms with E-state index >= 15 is 0 Å². The third-order valence-corrected chi connectivity index (χ3v) is 8.73. The molecule has 5 nitrogen and oxygen atoms in total. The third kappa shape index (κ3) is 4.34. The fourth-order valence-electron chi connectivity index (χ4n) is 5.37. The Hall–Kier alpha value is -3.73. The van der Waals surface area contributed by atoms with Gasteiger partial charge in [-0.05, 0) is 137 Å². The summed E-state index contributed by atoms with van der Waals surface area (Å²) in [6.07, 6.45) is 0. The quantitative estimate of drug-likeness (QED) is 0.273. The minimum atomic E-state index is 0.578. The van der Waals surface area contributed by atoms with Gasteiger partial charge in [0, 0.05) is 17.2 Å². The van der Waals surface area contributed by atoms with Crippen LogP contribution in [0.1, 0.15) is 55.6 Å². The van der Waals surface area contributed by atoms with Crippen molar-refractivity contribution in [3.63, 3.8) is 0 Å². The first kappa shape index (κ1) is 27.3. The first-order valence-electron chi connectivity index (χ1n) is 13.1. The highest BCUT2D eigenvalue weighted by Gasteiger charge is 2.23. The molecule has 0 aliphatic rings. The predicted molar refractivity (Wildman–Crippen MR) is 157 cm³/mol. The lowest BCUT2D eigenvalue weighted by Crippen LogP contribution is -2.08. The van der Waals surface area contributed by atoms with Crippen LogP contribution in [-0.4, -0.2) is 29.2 Å². The van der Waals surface area contributed by atoms with Gasteiger partial charge in [0.05, 0.1) is 19.8 Å². The second kappa shape index (κ2) is 10.2. The Morgan fingerprint density at radius 1 is 0.447 bits per heavy atom. The summed E-state index contributed by atoms with van der Waals surface area (Å²) in [5.74, 6) is 3.31. The predicted octanol–water partition coefficient (Wildman–Crippen LogP) is 7.97. The van der Waals surface area contributed by atoms with E-state index in [-0.39, 0.29) is 0 Å². The second-order valence-corrected chi connectivity index (χ2v) is 10.4. The molecule has 0 N–H and O–H groups in total. The minimum Gasteiger partial charge on any atom is -0.497 e. The molecule has 4 rings (SSSR count). The van der Waals surface area contributed by atoms with Crippen molar-refractivity contribution < 1.29 is 9.47 Å².